The van der Waals surface area contributed by atoms with Crippen molar-refractivity contribution in [3.8, 4) is 11.5 Å². The lowest BCUT2D eigenvalue weighted by Crippen LogP contribution is -2.30. The van der Waals surface area contributed by atoms with E-state index in [0.717, 1.165) is 21.9 Å². The number of pyridine rings is 1. The van der Waals surface area contributed by atoms with Gasteiger partial charge in [0.05, 0.1) is 31.1 Å². The topological polar surface area (TPSA) is 120 Å². The van der Waals surface area contributed by atoms with E-state index >= 15 is 0 Å². The number of hydrogen-bond donors (Lipinski definition) is 3. The monoisotopic (exact) mass is 541 g/mol. The van der Waals surface area contributed by atoms with E-state index in [1.807, 2.05) is 61.9 Å². The van der Waals surface area contributed by atoms with Gasteiger partial charge < -0.3 is 34.4 Å². The standard InChI is InChI=1S/C30H31N5O5/c1-30(2,3)40-28(36)26(21-17-32-27-19(21)8-7-14-31-27)35-15-13-20-22(9-6-10-24(20)35)33-29(37)34-23-16-18(38-4)11-12-25(23)39-5/h6-17,26H,1-5H3,(H,31,32)(H2,33,34,37). The fourth-order valence-electron chi connectivity index (χ4n) is 4.66. The van der Waals surface area contributed by atoms with Crippen LogP contribution in [0.2, 0.25) is 0 Å². The number of methoxy groups -OCH3 is 2. The number of esters is 1. The van der Waals surface area contributed by atoms with Gasteiger partial charge in [0, 0.05) is 41.0 Å². The quantitative estimate of drug-likeness (QED) is 0.214. The Bertz CT molecular complexity index is 1700. The number of carbonyl (C=O) groups excluding carboxylic acids is 2. The minimum Gasteiger partial charge on any atom is -0.497 e. The van der Waals surface area contributed by atoms with Crippen LogP contribution in [0.3, 0.4) is 0 Å². The largest absolute Gasteiger partial charge is 0.497 e. The highest BCUT2D eigenvalue weighted by Gasteiger charge is 2.31. The minimum absolute atomic E-state index is 0.407. The number of aromatic amines is 1. The van der Waals surface area contributed by atoms with Crippen LogP contribution in [0.5, 0.6) is 11.5 Å². The van der Waals surface area contributed by atoms with E-state index in [2.05, 4.69) is 20.6 Å². The first-order valence-electron chi connectivity index (χ1n) is 12.7. The van der Waals surface area contributed by atoms with Gasteiger partial charge in [-0.3, -0.25) is 0 Å². The molecule has 40 heavy (non-hydrogen) atoms. The number of nitrogens with one attached hydrogen (secondary N) is 3. The Hall–Kier alpha value is -4.99. The molecule has 0 aliphatic carbocycles. The molecule has 10 nitrogen and oxygen atoms in total. The molecule has 1 unspecified atom stereocenters. The molecule has 0 fully saturated rings. The third-order valence-electron chi connectivity index (χ3n) is 6.35. The van der Waals surface area contributed by atoms with E-state index in [4.69, 9.17) is 14.2 Å². The smallest absolute Gasteiger partial charge is 0.334 e. The molecule has 3 heterocycles. The highest BCUT2D eigenvalue weighted by Crippen LogP contribution is 2.34. The van der Waals surface area contributed by atoms with Gasteiger partial charge in [-0.2, -0.15) is 0 Å². The number of carbonyl (C=O) groups is 2. The minimum atomic E-state index is -0.792. The van der Waals surface area contributed by atoms with Gasteiger partial charge in [-0.05, 0) is 63.2 Å². The molecule has 0 saturated carbocycles. The van der Waals surface area contributed by atoms with Crippen molar-refractivity contribution >= 4 is 45.3 Å². The van der Waals surface area contributed by atoms with E-state index in [0.29, 0.717) is 28.5 Å². The van der Waals surface area contributed by atoms with Gasteiger partial charge in [-0.1, -0.05) is 6.07 Å². The fraction of sp³-hybridized carbons (Fsp3) is 0.233. The van der Waals surface area contributed by atoms with Crippen LogP contribution in [0.1, 0.15) is 32.4 Å². The molecule has 5 aromatic rings. The van der Waals surface area contributed by atoms with E-state index in [-0.39, 0.29) is 0 Å². The summed E-state index contributed by atoms with van der Waals surface area (Å²) in [5, 5.41) is 7.30. The number of rotatable bonds is 7. The number of ether oxygens (including phenoxy) is 3. The fourth-order valence-corrected chi connectivity index (χ4v) is 4.66. The van der Waals surface area contributed by atoms with Crippen molar-refractivity contribution in [1.29, 1.82) is 0 Å². The van der Waals surface area contributed by atoms with Gasteiger partial charge in [0.2, 0.25) is 0 Å². The number of anilines is 2. The van der Waals surface area contributed by atoms with Crippen LogP contribution < -0.4 is 20.1 Å². The number of fused-ring (bicyclic) bond motifs is 2. The van der Waals surface area contributed by atoms with Gasteiger partial charge in [0.15, 0.2) is 6.04 Å². The van der Waals surface area contributed by atoms with Crippen LogP contribution in [-0.2, 0) is 9.53 Å². The van der Waals surface area contributed by atoms with Crippen LogP contribution >= 0.6 is 0 Å². The molecule has 10 heteroatoms. The lowest BCUT2D eigenvalue weighted by molar-refractivity contribution is -0.157. The summed E-state index contributed by atoms with van der Waals surface area (Å²) in [6.07, 6.45) is 5.30. The van der Waals surface area contributed by atoms with Crippen molar-refractivity contribution in [3.05, 3.63) is 78.8 Å². The molecule has 1 atom stereocenters. The molecule has 2 amide bonds. The summed E-state index contributed by atoms with van der Waals surface area (Å²) < 4.78 is 18.3. The first kappa shape index (κ1) is 26.6. The first-order valence-corrected chi connectivity index (χ1v) is 12.7. The normalized spacial score (nSPS) is 12.2. The highest BCUT2D eigenvalue weighted by atomic mass is 16.6. The zero-order valence-corrected chi connectivity index (χ0v) is 22.9. The molecule has 3 N–H and O–H groups in total. The molecular formula is C30H31N5O5. The van der Waals surface area contributed by atoms with Crippen molar-refractivity contribution < 1.29 is 23.8 Å². The summed E-state index contributed by atoms with van der Waals surface area (Å²) in [5.41, 5.74) is 2.49. The van der Waals surface area contributed by atoms with Crippen molar-refractivity contribution in [2.45, 2.75) is 32.4 Å². The van der Waals surface area contributed by atoms with Gasteiger partial charge >= 0.3 is 12.0 Å². The summed E-state index contributed by atoms with van der Waals surface area (Å²) in [6, 6.07) is 15.0. The number of H-pyrrole nitrogens is 1. The van der Waals surface area contributed by atoms with Crippen molar-refractivity contribution in [3.63, 3.8) is 0 Å². The van der Waals surface area contributed by atoms with Gasteiger partial charge in [0.25, 0.3) is 0 Å². The zero-order valence-electron chi connectivity index (χ0n) is 22.9. The van der Waals surface area contributed by atoms with E-state index < -0.39 is 23.6 Å². The Morgan fingerprint density at radius 1 is 0.950 bits per heavy atom. The number of hydrogen-bond acceptors (Lipinski definition) is 6. The Balaban J connectivity index is 1.51. The first-order chi connectivity index (χ1) is 19.2. The maximum absolute atomic E-state index is 13.6. The second-order valence-corrected chi connectivity index (χ2v) is 10.2. The van der Waals surface area contributed by atoms with Gasteiger partial charge in [-0.25, -0.2) is 14.6 Å². The predicted molar refractivity (Wildman–Crippen MR) is 154 cm³/mol. The molecule has 2 aromatic carbocycles. The van der Waals surface area contributed by atoms with Crippen LogP contribution in [-0.4, -0.2) is 46.4 Å². The van der Waals surface area contributed by atoms with Crippen molar-refractivity contribution in [1.82, 2.24) is 14.5 Å². The summed E-state index contributed by atoms with van der Waals surface area (Å²) >= 11 is 0. The maximum Gasteiger partial charge on any atom is 0.334 e. The molecule has 0 aliphatic heterocycles. The lowest BCUT2D eigenvalue weighted by atomic mass is 10.1. The second-order valence-electron chi connectivity index (χ2n) is 10.2. The summed E-state index contributed by atoms with van der Waals surface area (Å²) in [7, 11) is 3.08. The summed E-state index contributed by atoms with van der Waals surface area (Å²) in [6.45, 7) is 5.51. The molecule has 206 valence electrons. The summed E-state index contributed by atoms with van der Waals surface area (Å²) in [4.78, 5) is 34.2. The Morgan fingerprint density at radius 3 is 2.50 bits per heavy atom. The van der Waals surface area contributed by atoms with Crippen LogP contribution in [0.25, 0.3) is 21.9 Å². The molecule has 0 aliphatic rings. The Labute approximate surface area is 231 Å². The molecule has 3 aromatic heterocycles. The summed E-state index contributed by atoms with van der Waals surface area (Å²) in [5.74, 6) is 0.667. The molecular weight excluding hydrogens is 510 g/mol. The second kappa shape index (κ2) is 10.6. The molecule has 0 radical (unpaired) electrons. The molecule has 5 rings (SSSR count). The van der Waals surface area contributed by atoms with Crippen LogP contribution in [0, 0.1) is 0 Å². The van der Waals surface area contributed by atoms with Crippen LogP contribution in [0.15, 0.2) is 73.2 Å². The van der Waals surface area contributed by atoms with Crippen LogP contribution in [0.4, 0.5) is 16.2 Å². The average molecular weight is 542 g/mol. The zero-order chi connectivity index (χ0) is 28.4. The molecule has 0 bridgehead atoms. The van der Waals surface area contributed by atoms with Gasteiger partial charge in [-0.15, -0.1) is 0 Å². The number of benzene rings is 2. The highest BCUT2D eigenvalue weighted by molar-refractivity contribution is 6.06. The molecule has 0 spiro atoms. The lowest BCUT2D eigenvalue weighted by Gasteiger charge is -2.25. The van der Waals surface area contributed by atoms with Crippen molar-refractivity contribution in [2.75, 3.05) is 24.9 Å². The maximum atomic E-state index is 13.6. The molecule has 0 saturated heterocycles. The average Bonchev–Trinajstić information content (AvgIpc) is 3.54. The Kier molecular flexibility index (Phi) is 7.08. The predicted octanol–water partition coefficient (Wildman–Crippen LogP) is 6.11. The van der Waals surface area contributed by atoms with E-state index in [1.165, 1.54) is 7.11 Å². The SMILES string of the molecule is COc1ccc(OC)c(NC(=O)Nc2cccc3c2ccn3C(C(=O)OC(C)(C)C)c2c[nH]c3ncccc23)c1. The number of amides is 2. The van der Waals surface area contributed by atoms with Gasteiger partial charge in [0.1, 0.15) is 22.7 Å². The third kappa shape index (κ3) is 5.28. The third-order valence-corrected chi connectivity index (χ3v) is 6.35. The van der Waals surface area contributed by atoms with Crippen molar-refractivity contribution in [2.24, 2.45) is 0 Å². The number of urea groups is 1. The number of aromatic nitrogens is 3. The van der Waals surface area contributed by atoms with E-state index in [1.54, 1.807) is 43.8 Å². The Morgan fingerprint density at radius 2 is 1.75 bits per heavy atom. The van der Waals surface area contributed by atoms with E-state index in [9.17, 15) is 9.59 Å². The number of nitrogens with zero attached hydrogens (tertiary/aromatic N) is 2.